The molecule has 0 atom stereocenters. The Balaban J connectivity index is 2.43. The van der Waals surface area contributed by atoms with E-state index in [1.807, 2.05) is 0 Å². The maximum absolute atomic E-state index is 12.0. The van der Waals surface area contributed by atoms with Gasteiger partial charge in [0.05, 0.1) is 0 Å². The lowest BCUT2D eigenvalue weighted by molar-refractivity contribution is 0.0537. The van der Waals surface area contributed by atoms with E-state index >= 15 is 0 Å². The molecule has 19 heavy (non-hydrogen) atoms. The molecule has 0 aromatic carbocycles. The van der Waals surface area contributed by atoms with Crippen LogP contribution < -0.4 is 5.56 Å². The van der Waals surface area contributed by atoms with Crippen molar-refractivity contribution in [1.82, 2.24) is 9.55 Å². The second-order valence-corrected chi connectivity index (χ2v) is 4.38. The van der Waals surface area contributed by atoms with Crippen molar-refractivity contribution < 1.29 is 14.6 Å². The summed E-state index contributed by atoms with van der Waals surface area (Å²) >= 11 is 0. The lowest BCUT2D eigenvalue weighted by atomic mass is 10.2. The number of esters is 1. The summed E-state index contributed by atoms with van der Waals surface area (Å²) in [5.41, 5.74) is -0.877. The molecule has 1 aliphatic rings. The van der Waals surface area contributed by atoms with Gasteiger partial charge in [0.15, 0.2) is 5.69 Å². The van der Waals surface area contributed by atoms with E-state index in [-0.39, 0.29) is 12.3 Å². The van der Waals surface area contributed by atoms with E-state index in [0.29, 0.717) is 18.8 Å². The van der Waals surface area contributed by atoms with Gasteiger partial charge in [0, 0.05) is 13.0 Å². The number of ether oxygens (including phenoxy) is 1. The van der Waals surface area contributed by atoms with Gasteiger partial charge in [-0.25, -0.2) is 9.78 Å². The molecule has 0 bridgehead atoms. The molecule has 2 rings (SSSR count). The van der Waals surface area contributed by atoms with Gasteiger partial charge in [-0.15, -0.1) is 0 Å². The van der Waals surface area contributed by atoms with Crippen molar-refractivity contribution in [3.63, 3.8) is 0 Å². The van der Waals surface area contributed by atoms with Crippen LogP contribution in [0.1, 0.15) is 35.6 Å². The Morgan fingerprint density at radius 3 is 3.00 bits per heavy atom. The molecule has 1 aromatic heterocycles. The molecule has 0 aliphatic carbocycles. The van der Waals surface area contributed by atoms with E-state index in [4.69, 9.17) is 4.74 Å². The van der Waals surface area contributed by atoms with E-state index in [9.17, 15) is 14.7 Å². The summed E-state index contributed by atoms with van der Waals surface area (Å²) in [5, 5.41) is 9.79. The molecule has 0 amide bonds. The van der Waals surface area contributed by atoms with Crippen molar-refractivity contribution in [3.8, 4) is 5.75 Å². The Morgan fingerprint density at radius 2 is 2.26 bits per heavy atom. The fourth-order valence-corrected chi connectivity index (χ4v) is 2.09. The van der Waals surface area contributed by atoms with Crippen LogP contribution in [0.5, 0.6) is 5.75 Å². The fraction of sp³-hybridized carbons (Fsp3) is 0.462. The van der Waals surface area contributed by atoms with Gasteiger partial charge < -0.3 is 9.84 Å². The molecule has 0 saturated heterocycles. The molecule has 1 N–H and O–H groups in total. The van der Waals surface area contributed by atoms with Crippen LogP contribution in [-0.2, 0) is 17.7 Å². The average Bonchev–Trinajstić information content (AvgIpc) is 2.65. The Morgan fingerprint density at radius 1 is 1.47 bits per heavy atom. The van der Waals surface area contributed by atoms with Gasteiger partial charge in [-0.2, -0.15) is 0 Å². The topological polar surface area (TPSA) is 81.4 Å². The van der Waals surface area contributed by atoms with Crippen molar-refractivity contribution in [2.75, 3.05) is 6.61 Å². The summed E-state index contributed by atoms with van der Waals surface area (Å²) in [7, 11) is 0. The normalized spacial score (nSPS) is 14.3. The molecule has 0 saturated carbocycles. The number of rotatable bonds is 3. The molecule has 1 aliphatic heterocycles. The van der Waals surface area contributed by atoms with Crippen LogP contribution >= 0.6 is 0 Å². The first-order valence-corrected chi connectivity index (χ1v) is 6.26. The van der Waals surface area contributed by atoms with Gasteiger partial charge in [-0.05, 0) is 12.8 Å². The molecular weight excluding hydrogens is 248 g/mol. The standard InChI is InChI=1S/C13H16N2O4/c1-2-8-19-13(18)10-11(16)12(17)15-7-5-3-4-6-9(15)14-10/h2,16H,1,3-8H2. The molecule has 102 valence electrons. The minimum Gasteiger partial charge on any atom is -0.501 e. The van der Waals surface area contributed by atoms with Crippen LogP contribution in [0.3, 0.4) is 0 Å². The maximum Gasteiger partial charge on any atom is 0.361 e. The Bertz CT molecular complexity index is 562. The molecular formula is C13H16N2O4. The van der Waals surface area contributed by atoms with Gasteiger partial charge in [-0.3, -0.25) is 9.36 Å². The molecule has 0 spiro atoms. The van der Waals surface area contributed by atoms with E-state index in [2.05, 4.69) is 11.6 Å². The van der Waals surface area contributed by atoms with Gasteiger partial charge in [0.1, 0.15) is 12.4 Å². The monoisotopic (exact) mass is 264 g/mol. The number of aromatic nitrogens is 2. The predicted molar refractivity (Wildman–Crippen MR) is 68.2 cm³/mol. The van der Waals surface area contributed by atoms with Crippen LogP contribution in [0, 0.1) is 0 Å². The third-order valence-corrected chi connectivity index (χ3v) is 3.03. The minimum atomic E-state index is -0.804. The summed E-state index contributed by atoms with van der Waals surface area (Å²) in [4.78, 5) is 27.8. The van der Waals surface area contributed by atoms with Crippen LogP contribution in [0.2, 0.25) is 0 Å². The highest BCUT2D eigenvalue weighted by molar-refractivity contribution is 5.90. The first kappa shape index (κ1) is 13.3. The van der Waals surface area contributed by atoms with Crippen molar-refractivity contribution in [3.05, 3.63) is 34.5 Å². The fourth-order valence-electron chi connectivity index (χ4n) is 2.09. The highest BCUT2D eigenvalue weighted by atomic mass is 16.5. The summed E-state index contributed by atoms with van der Waals surface area (Å²) in [5.74, 6) is -0.910. The second kappa shape index (κ2) is 5.69. The van der Waals surface area contributed by atoms with E-state index < -0.39 is 17.3 Å². The largest absolute Gasteiger partial charge is 0.501 e. The SMILES string of the molecule is C=CCOC(=O)c1nc2n(c(=O)c1O)CCCCC2. The first-order valence-electron chi connectivity index (χ1n) is 6.26. The maximum atomic E-state index is 12.0. The molecule has 2 heterocycles. The Hall–Kier alpha value is -2.11. The van der Waals surface area contributed by atoms with Gasteiger partial charge in [-0.1, -0.05) is 19.1 Å². The third kappa shape index (κ3) is 2.67. The molecule has 6 heteroatoms. The summed E-state index contributed by atoms with van der Waals surface area (Å²) in [6.45, 7) is 3.96. The Labute approximate surface area is 110 Å². The lowest BCUT2D eigenvalue weighted by Gasteiger charge is -2.11. The number of aromatic hydroxyl groups is 1. The van der Waals surface area contributed by atoms with Crippen molar-refractivity contribution in [2.45, 2.75) is 32.2 Å². The average molecular weight is 264 g/mol. The summed E-state index contributed by atoms with van der Waals surface area (Å²) in [6.07, 6.45) is 4.81. The number of carbonyl (C=O) groups excluding carboxylic acids is 1. The van der Waals surface area contributed by atoms with E-state index in [0.717, 1.165) is 19.3 Å². The number of nitrogens with zero attached hydrogens (tertiary/aromatic N) is 2. The summed E-state index contributed by atoms with van der Waals surface area (Å²) < 4.78 is 6.24. The number of carbonyl (C=O) groups is 1. The number of hydrogen-bond donors (Lipinski definition) is 1. The van der Waals surface area contributed by atoms with Crippen molar-refractivity contribution >= 4 is 5.97 Å². The second-order valence-electron chi connectivity index (χ2n) is 4.38. The van der Waals surface area contributed by atoms with Gasteiger partial charge >= 0.3 is 5.97 Å². The zero-order valence-corrected chi connectivity index (χ0v) is 10.6. The molecule has 0 fully saturated rings. The molecule has 0 unspecified atom stereocenters. The Kier molecular flexibility index (Phi) is 3.99. The van der Waals surface area contributed by atoms with Crippen LogP contribution in [0.15, 0.2) is 17.4 Å². The van der Waals surface area contributed by atoms with E-state index in [1.54, 1.807) is 0 Å². The number of hydrogen-bond acceptors (Lipinski definition) is 5. The van der Waals surface area contributed by atoms with Crippen molar-refractivity contribution in [2.24, 2.45) is 0 Å². The minimum absolute atomic E-state index is 0.0123. The zero-order chi connectivity index (χ0) is 13.8. The quantitative estimate of drug-likeness (QED) is 0.651. The smallest absolute Gasteiger partial charge is 0.361 e. The van der Waals surface area contributed by atoms with Crippen LogP contribution in [0.4, 0.5) is 0 Å². The molecule has 6 nitrogen and oxygen atoms in total. The van der Waals surface area contributed by atoms with Crippen LogP contribution in [-0.4, -0.2) is 27.2 Å². The third-order valence-electron chi connectivity index (χ3n) is 3.03. The van der Waals surface area contributed by atoms with Gasteiger partial charge in [0.25, 0.3) is 5.56 Å². The predicted octanol–water partition coefficient (Wildman–Crippen LogP) is 1.02. The summed E-state index contributed by atoms with van der Waals surface area (Å²) in [6, 6.07) is 0. The lowest BCUT2D eigenvalue weighted by Crippen LogP contribution is -2.27. The highest BCUT2D eigenvalue weighted by Crippen LogP contribution is 2.16. The van der Waals surface area contributed by atoms with Crippen LogP contribution in [0.25, 0.3) is 0 Å². The molecule has 1 aromatic rings. The van der Waals surface area contributed by atoms with Crippen molar-refractivity contribution in [1.29, 1.82) is 0 Å². The zero-order valence-electron chi connectivity index (χ0n) is 10.6. The highest BCUT2D eigenvalue weighted by Gasteiger charge is 2.22. The van der Waals surface area contributed by atoms with E-state index in [1.165, 1.54) is 10.6 Å². The first-order chi connectivity index (χ1) is 9.15. The van der Waals surface area contributed by atoms with Gasteiger partial charge in [0.2, 0.25) is 5.75 Å². The molecule has 0 radical (unpaired) electrons. The number of fused-ring (bicyclic) bond motifs is 1. The number of aryl methyl sites for hydroxylation is 1.